The molecule has 3 N–H and O–H groups in total. The van der Waals surface area contributed by atoms with E-state index >= 15 is 0 Å². The molecular weight excluding hydrogens is 292 g/mol. The Morgan fingerprint density at radius 1 is 1.39 bits per heavy atom. The van der Waals surface area contributed by atoms with Crippen LogP contribution in [0.1, 0.15) is 42.2 Å². The van der Waals surface area contributed by atoms with Crippen LogP contribution in [-0.4, -0.2) is 39.9 Å². The molecule has 0 saturated carbocycles. The number of benzene rings is 1. The van der Waals surface area contributed by atoms with Gasteiger partial charge in [0.2, 0.25) is 0 Å². The lowest BCUT2D eigenvalue weighted by molar-refractivity contribution is 0.0932. The van der Waals surface area contributed by atoms with E-state index in [2.05, 4.69) is 29.6 Å². The quantitative estimate of drug-likeness (QED) is 0.804. The normalized spacial score (nSPS) is 17.6. The van der Waals surface area contributed by atoms with E-state index in [-0.39, 0.29) is 23.4 Å². The van der Waals surface area contributed by atoms with Crippen LogP contribution in [0.4, 0.5) is 0 Å². The molecule has 1 saturated heterocycles. The molecule has 1 fully saturated rings. The number of rotatable bonds is 4. The maximum Gasteiger partial charge on any atom is 0.275 e. The van der Waals surface area contributed by atoms with Gasteiger partial charge < -0.3 is 15.7 Å². The number of hydrogen-bond acceptors (Lipinski definition) is 4. The van der Waals surface area contributed by atoms with Crippen LogP contribution in [0.5, 0.6) is 5.75 Å². The third kappa shape index (κ3) is 3.37. The van der Waals surface area contributed by atoms with Crippen LogP contribution in [0.15, 0.2) is 30.5 Å². The van der Waals surface area contributed by atoms with Gasteiger partial charge in [0.05, 0.1) is 11.9 Å². The van der Waals surface area contributed by atoms with Crippen LogP contribution in [0.3, 0.4) is 0 Å². The van der Waals surface area contributed by atoms with Crippen molar-refractivity contribution >= 4 is 5.91 Å². The molecule has 0 radical (unpaired) electrons. The number of nitrogens with one attached hydrogen (secondary N) is 2. The molecule has 6 heteroatoms. The van der Waals surface area contributed by atoms with Gasteiger partial charge in [0.15, 0.2) is 11.4 Å². The highest BCUT2D eigenvalue weighted by molar-refractivity contribution is 5.95. The van der Waals surface area contributed by atoms with E-state index in [1.165, 1.54) is 16.4 Å². The summed E-state index contributed by atoms with van der Waals surface area (Å²) in [5.74, 6) is 0.00609. The highest BCUT2D eigenvalue weighted by Gasteiger charge is 2.22. The van der Waals surface area contributed by atoms with Crippen molar-refractivity contribution in [1.29, 1.82) is 0 Å². The van der Waals surface area contributed by atoms with Gasteiger partial charge in [-0.1, -0.05) is 26.0 Å². The number of carbonyl (C=O) groups excluding carboxylic acids is 1. The molecule has 1 amide bonds. The standard InChI is InChI=1S/C17H22N4O2/c1-11(2)12-3-5-14(6-4-12)21-10-15(22)16(20-21)17(23)19-13-7-8-18-9-13/h3-6,10-11,13,18,22H,7-9H2,1-2H3,(H,19,23). The lowest BCUT2D eigenvalue weighted by Gasteiger charge is -2.09. The Labute approximate surface area is 135 Å². The number of amides is 1. The van der Waals surface area contributed by atoms with E-state index in [0.29, 0.717) is 5.92 Å². The molecule has 1 aliphatic rings. The number of aromatic nitrogens is 2. The van der Waals surface area contributed by atoms with Crippen LogP contribution in [0.25, 0.3) is 5.69 Å². The second kappa shape index (κ2) is 6.42. The zero-order chi connectivity index (χ0) is 16.4. The second-order valence-electron chi connectivity index (χ2n) is 6.22. The average Bonchev–Trinajstić information content (AvgIpc) is 3.17. The Morgan fingerprint density at radius 2 is 2.13 bits per heavy atom. The van der Waals surface area contributed by atoms with Crippen molar-refractivity contribution in [2.75, 3.05) is 13.1 Å². The zero-order valence-corrected chi connectivity index (χ0v) is 13.4. The first-order valence-electron chi connectivity index (χ1n) is 7.95. The Morgan fingerprint density at radius 3 is 2.74 bits per heavy atom. The Hall–Kier alpha value is -2.34. The summed E-state index contributed by atoms with van der Waals surface area (Å²) in [6.45, 7) is 5.92. The summed E-state index contributed by atoms with van der Waals surface area (Å²) >= 11 is 0. The molecule has 1 atom stereocenters. The van der Waals surface area contributed by atoms with E-state index in [9.17, 15) is 9.90 Å². The molecule has 2 aromatic rings. The monoisotopic (exact) mass is 314 g/mol. The number of hydrogen-bond donors (Lipinski definition) is 3. The minimum Gasteiger partial charge on any atom is -0.504 e. The van der Waals surface area contributed by atoms with Gasteiger partial charge in [0.25, 0.3) is 5.91 Å². The van der Waals surface area contributed by atoms with E-state index in [0.717, 1.165) is 25.2 Å². The molecule has 3 rings (SSSR count). The van der Waals surface area contributed by atoms with Crippen molar-refractivity contribution in [3.8, 4) is 11.4 Å². The lowest BCUT2D eigenvalue weighted by Crippen LogP contribution is -2.36. The summed E-state index contributed by atoms with van der Waals surface area (Å²) in [6.07, 6.45) is 2.36. The molecule has 0 spiro atoms. The fourth-order valence-corrected chi connectivity index (χ4v) is 2.70. The predicted octanol–water partition coefficient (Wildman–Crippen LogP) is 1.79. The first-order valence-corrected chi connectivity index (χ1v) is 7.95. The molecule has 1 aliphatic heterocycles. The SMILES string of the molecule is CC(C)c1ccc(-n2cc(O)c(C(=O)NC3CCNC3)n2)cc1. The van der Waals surface area contributed by atoms with Gasteiger partial charge in [0, 0.05) is 12.6 Å². The summed E-state index contributed by atoms with van der Waals surface area (Å²) in [5, 5.41) is 20.3. The van der Waals surface area contributed by atoms with Crippen molar-refractivity contribution in [3.63, 3.8) is 0 Å². The molecule has 1 aromatic carbocycles. The fraction of sp³-hybridized carbons (Fsp3) is 0.412. The molecule has 0 bridgehead atoms. The van der Waals surface area contributed by atoms with Gasteiger partial charge in [-0.2, -0.15) is 5.10 Å². The smallest absolute Gasteiger partial charge is 0.275 e. The van der Waals surface area contributed by atoms with Crippen molar-refractivity contribution in [1.82, 2.24) is 20.4 Å². The van der Waals surface area contributed by atoms with Crippen LogP contribution < -0.4 is 10.6 Å². The third-order valence-corrected chi connectivity index (χ3v) is 4.13. The second-order valence-corrected chi connectivity index (χ2v) is 6.22. The minimum atomic E-state index is -0.339. The van der Waals surface area contributed by atoms with Gasteiger partial charge in [0.1, 0.15) is 0 Å². The van der Waals surface area contributed by atoms with Crippen LogP contribution in [0, 0.1) is 0 Å². The molecule has 1 unspecified atom stereocenters. The Balaban J connectivity index is 1.78. The zero-order valence-electron chi connectivity index (χ0n) is 13.4. The molecule has 23 heavy (non-hydrogen) atoms. The lowest BCUT2D eigenvalue weighted by atomic mass is 10.0. The Kier molecular flexibility index (Phi) is 4.34. The van der Waals surface area contributed by atoms with Gasteiger partial charge >= 0.3 is 0 Å². The highest BCUT2D eigenvalue weighted by Crippen LogP contribution is 2.20. The van der Waals surface area contributed by atoms with Crippen molar-refractivity contribution in [2.45, 2.75) is 32.2 Å². The van der Waals surface area contributed by atoms with Crippen molar-refractivity contribution in [3.05, 3.63) is 41.7 Å². The van der Waals surface area contributed by atoms with Crippen LogP contribution in [-0.2, 0) is 0 Å². The van der Waals surface area contributed by atoms with Crippen LogP contribution >= 0.6 is 0 Å². The van der Waals surface area contributed by atoms with E-state index < -0.39 is 0 Å². The van der Waals surface area contributed by atoms with Gasteiger partial charge in [-0.05, 0) is 36.6 Å². The largest absolute Gasteiger partial charge is 0.504 e. The molecule has 0 aliphatic carbocycles. The molecule has 6 nitrogen and oxygen atoms in total. The maximum absolute atomic E-state index is 12.2. The van der Waals surface area contributed by atoms with Crippen molar-refractivity contribution in [2.24, 2.45) is 0 Å². The summed E-state index contributed by atoms with van der Waals surface area (Å²) in [5.41, 5.74) is 2.10. The molecular formula is C17H22N4O2. The molecule has 2 heterocycles. The number of aromatic hydroxyl groups is 1. The van der Waals surface area contributed by atoms with Crippen LogP contribution in [0.2, 0.25) is 0 Å². The van der Waals surface area contributed by atoms with E-state index in [4.69, 9.17) is 0 Å². The van der Waals surface area contributed by atoms with E-state index in [1.54, 1.807) is 0 Å². The van der Waals surface area contributed by atoms with Gasteiger partial charge in [-0.15, -0.1) is 0 Å². The first kappa shape index (κ1) is 15.6. The minimum absolute atomic E-state index is 0.0600. The summed E-state index contributed by atoms with van der Waals surface area (Å²) in [6, 6.07) is 8.03. The van der Waals surface area contributed by atoms with Gasteiger partial charge in [-0.3, -0.25) is 4.79 Å². The van der Waals surface area contributed by atoms with Crippen molar-refractivity contribution < 1.29 is 9.90 Å². The third-order valence-electron chi connectivity index (χ3n) is 4.13. The summed E-state index contributed by atoms with van der Waals surface area (Å²) in [7, 11) is 0. The van der Waals surface area contributed by atoms with E-state index in [1.807, 2.05) is 24.3 Å². The topological polar surface area (TPSA) is 79.2 Å². The van der Waals surface area contributed by atoms with Gasteiger partial charge in [-0.25, -0.2) is 4.68 Å². The predicted molar refractivity (Wildman–Crippen MR) is 88.1 cm³/mol. The first-order chi connectivity index (χ1) is 11.0. The highest BCUT2D eigenvalue weighted by atomic mass is 16.3. The number of nitrogens with zero attached hydrogens (tertiary/aromatic N) is 2. The summed E-state index contributed by atoms with van der Waals surface area (Å²) in [4.78, 5) is 12.2. The molecule has 122 valence electrons. The average molecular weight is 314 g/mol. The summed E-state index contributed by atoms with van der Waals surface area (Å²) < 4.78 is 1.53. The maximum atomic E-state index is 12.2. The Bertz CT molecular complexity index is 685. The molecule has 1 aromatic heterocycles. The number of carbonyl (C=O) groups is 1. The fourth-order valence-electron chi connectivity index (χ4n) is 2.70.